The van der Waals surface area contributed by atoms with Gasteiger partial charge in [0, 0.05) is 9.13 Å². The number of phenols is 1. The van der Waals surface area contributed by atoms with Gasteiger partial charge in [-0.2, -0.15) is 13.2 Å². The van der Waals surface area contributed by atoms with E-state index in [1.54, 1.807) is 22.6 Å². The number of rotatable bonds is 1. The Morgan fingerprint density at radius 2 is 1.93 bits per heavy atom. The van der Waals surface area contributed by atoms with Crippen LogP contribution in [-0.2, 0) is 6.18 Å². The lowest BCUT2D eigenvalue weighted by molar-refractivity contribution is -0.138. The highest BCUT2D eigenvalue weighted by Crippen LogP contribution is 2.36. The molecule has 0 saturated heterocycles. The van der Waals surface area contributed by atoms with Crippen LogP contribution in [0.25, 0.3) is 0 Å². The Morgan fingerprint density at radius 3 is 2.33 bits per heavy atom. The third-order valence-corrected chi connectivity index (χ3v) is 2.58. The summed E-state index contributed by atoms with van der Waals surface area (Å²) >= 11 is 1.59. The minimum Gasteiger partial charge on any atom is -0.508 e. The Hall–Kier alpha value is -0.790. The smallest absolute Gasteiger partial charge is 0.417 e. The van der Waals surface area contributed by atoms with E-state index in [1.165, 1.54) is 0 Å². The minimum atomic E-state index is -4.64. The molecular weight excluding hydrogens is 324 g/mol. The molecule has 0 aromatic heterocycles. The molecule has 0 saturated carbocycles. The number of Topliss-reactive ketones (excluding diaryl/α,β-unsaturated/α-hetero) is 1. The molecule has 0 fully saturated rings. The molecule has 0 aliphatic heterocycles. The zero-order chi connectivity index (χ0) is 11.8. The summed E-state index contributed by atoms with van der Waals surface area (Å²) < 4.78 is 37.6. The largest absolute Gasteiger partial charge is 0.508 e. The van der Waals surface area contributed by atoms with E-state index in [0.717, 1.165) is 13.0 Å². The first-order chi connectivity index (χ1) is 6.73. The number of hydrogen-bond acceptors (Lipinski definition) is 2. The molecule has 0 spiro atoms. The van der Waals surface area contributed by atoms with Gasteiger partial charge in [-0.3, -0.25) is 4.79 Å². The maximum atomic E-state index is 12.5. The number of ketones is 1. The lowest BCUT2D eigenvalue weighted by Crippen LogP contribution is -2.13. The normalized spacial score (nSPS) is 11.5. The van der Waals surface area contributed by atoms with Gasteiger partial charge >= 0.3 is 6.18 Å². The molecule has 1 aromatic carbocycles. The van der Waals surface area contributed by atoms with Gasteiger partial charge in [-0.25, -0.2) is 0 Å². The van der Waals surface area contributed by atoms with E-state index < -0.39 is 28.8 Å². The van der Waals surface area contributed by atoms with Crippen LogP contribution in [0.4, 0.5) is 13.2 Å². The minimum absolute atomic E-state index is 0.0902. The van der Waals surface area contributed by atoms with Crippen LogP contribution in [0.3, 0.4) is 0 Å². The number of hydrogen-bond donors (Lipinski definition) is 1. The van der Waals surface area contributed by atoms with E-state index in [9.17, 15) is 18.0 Å². The Morgan fingerprint density at radius 1 is 1.40 bits per heavy atom. The van der Waals surface area contributed by atoms with Gasteiger partial charge in [0.2, 0.25) is 0 Å². The second-order valence-electron chi connectivity index (χ2n) is 2.90. The highest BCUT2D eigenvalue weighted by Gasteiger charge is 2.36. The van der Waals surface area contributed by atoms with E-state index in [-0.39, 0.29) is 3.57 Å². The molecule has 15 heavy (non-hydrogen) atoms. The molecule has 6 heteroatoms. The van der Waals surface area contributed by atoms with Gasteiger partial charge in [-0.1, -0.05) is 0 Å². The molecular formula is C9H6F3IO2. The lowest BCUT2D eigenvalue weighted by atomic mass is 10.0. The lowest BCUT2D eigenvalue weighted by Gasteiger charge is -2.12. The van der Waals surface area contributed by atoms with Gasteiger partial charge in [-0.05, 0) is 41.6 Å². The summed E-state index contributed by atoms with van der Waals surface area (Å²) in [7, 11) is 0. The molecule has 1 aromatic rings. The van der Waals surface area contributed by atoms with Gasteiger partial charge in [0.15, 0.2) is 5.78 Å². The van der Waals surface area contributed by atoms with Gasteiger partial charge in [-0.15, -0.1) is 0 Å². The number of aromatic hydroxyl groups is 1. The van der Waals surface area contributed by atoms with Crippen LogP contribution in [-0.4, -0.2) is 10.9 Å². The van der Waals surface area contributed by atoms with Crippen molar-refractivity contribution in [3.05, 3.63) is 26.8 Å². The Kier molecular flexibility index (Phi) is 3.27. The van der Waals surface area contributed by atoms with E-state index in [4.69, 9.17) is 5.11 Å². The summed E-state index contributed by atoms with van der Waals surface area (Å²) in [6, 6.07) is 1.67. The van der Waals surface area contributed by atoms with Crippen molar-refractivity contribution in [2.24, 2.45) is 0 Å². The second-order valence-corrected chi connectivity index (χ2v) is 4.07. The van der Waals surface area contributed by atoms with Gasteiger partial charge in [0.25, 0.3) is 0 Å². The Bertz CT molecular complexity index is 413. The predicted molar refractivity (Wildman–Crippen MR) is 55.8 cm³/mol. The zero-order valence-corrected chi connectivity index (χ0v) is 9.68. The van der Waals surface area contributed by atoms with Gasteiger partial charge in [0.05, 0.1) is 5.56 Å². The molecule has 0 amide bonds. The summed E-state index contributed by atoms with van der Waals surface area (Å²) in [5, 5.41) is 9.05. The summed E-state index contributed by atoms with van der Waals surface area (Å²) in [6.45, 7) is 1.06. The van der Waals surface area contributed by atoms with Crippen LogP contribution in [0.2, 0.25) is 0 Å². The van der Waals surface area contributed by atoms with Crippen LogP contribution in [0.5, 0.6) is 5.75 Å². The van der Waals surface area contributed by atoms with Crippen molar-refractivity contribution in [1.29, 1.82) is 0 Å². The number of alkyl halides is 3. The molecule has 82 valence electrons. The molecule has 1 rings (SSSR count). The van der Waals surface area contributed by atoms with Crippen molar-refractivity contribution < 1.29 is 23.1 Å². The van der Waals surface area contributed by atoms with E-state index in [1.807, 2.05) is 0 Å². The number of halogens is 4. The number of benzene rings is 1. The van der Waals surface area contributed by atoms with Crippen molar-refractivity contribution in [3.8, 4) is 5.75 Å². The second kappa shape index (κ2) is 3.99. The SMILES string of the molecule is CC(=O)c1c(I)cc(O)cc1C(F)(F)F. The van der Waals surface area contributed by atoms with Crippen LogP contribution in [0.15, 0.2) is 12.1 Å². The summed E-state index contributed by atoms with van der Waals surface area (Å²) in [5.41, 5.74) is -1.50. The average molecular weight is 330 g/mol. The van der Waals surface area contributed by atoms with Crippen molar-refractivity contribution in [3.63, 3.8) is 0 Å². The molecule has 2 nitrogen and oxygen atoms in total. The van der Waals surface area contributed by atoms with Crippen LogP contribution >= 0.6 is 22.6 Å². The topological polar surface area (TPSA) is 37.3 Å². The fraction of sp³-hybridized carbons (Fsp3) is 0.222. The predicted octanol–water partition coefficient (Wildman–Crippen LogP) is 3.22. The molecule has 0 atom stereocenters. The molecule has 0 aliphatic rings. The van der Waals surface area contributed by atoms with Crippen LogP contribution < -0.4 is 0 Å². The highest BCUT2D eigenvalue weighted by atomic mass is 127. The number of phenolic OH excluding ortho intramolecular Hbond substituents is 1. The number of carbonyl (C=O) groups excluding carboxylic acids is 1. The Labute approximate surface area is 97.2 Å². The average Bonchev–Trinajstić information content (AvgIpc) is 1.99. The molecule has 0 bridgehead atoms. The maximum Gasteiger partial charge on any atom is 0.417 e. The van der Waals surface area contributed by atoms with E-state index in [2.05, 4.69) is 0 Å². The fourth-order valence-electron chi connectivity index (χ4n) is 1.17. The third kappa shape index (κ3) is 2.61. The molecule has 0 unspecified atom stereocenters. The Balaban J connectivity index is 3.54. The third-order valence-electron chi connectivity index (χ3n) is 1.73. The highest BCUT2D eigenvalue weighted by molar-refractivity contribution is 14.1. The van der Waals surface area contributed by atoms with E-state index in [0.29, 0.717) is 6.07 Å². The fourth-order valence-corrected chi connectivity index (χ4v) is 2.16. The van der Waals surface area contributed by atoms with Crippen molar-refractivity contribution in [2.45, 2.75) is 13.1 Å². The van der Waals surface area contributed by atoms with Gasteiger partial charge < -0.3 is 5.11 Å². The standard InChI is InChI=1S/C9H6F3IO2/c1-4(14)8-6(9(10,11)12)2-5(15)3-7(8)13/h2-3,15H,1H3. The summed E-state index contributed by atoms with van der Waals surface area (Å²) in [4.78, 5) is 11.1. The quantitative estimate of drug-likeness (QED) is 0.634. The number of carbonyl (C=O) groups is 1. The summed E-state index contributed by atoms with van der Waals surface area (Å²) in [5.74, 6) is -1.18. The molecule has 1 N–H and O–H groups in total. The summed E-state index contributed by atoms with van der Waals surface area (Å²) in [6.07, 6.45) is -4.64. The van der Waals surface area contributed by atoms with Crippen LogP contribution in [0.1, 0.15) is 22.8 Å². The van der Waals surface area contributed by atoms with Crippen molar-refractivity contribution in [1.82, 2.24) is 0 Å². The molecule has 0 aliphatic carbocycles. The van der Waals surface area contributed by atoms with E-state index >= 15 is 0 Å². The van der Waals surface area contributed by atoms with Gasteiger partial charge in [0.1, 0.15) is 5.75 Å². The van der Waals surface area contributed by atoms with Crippen LogP contribution in [0, 0.1) is 3.57 Å². The first-order valence-corrected chi connectivity index (χ1v) is 4.92. The van der Waals surface area contributed by atoms with Crippen molar-refractivity contribution >= 4 is 28.4 Å². The first kappa shape index (κ1) is 12.3. The maximum absolute atomic E-state index is 12.5. The monoisotopic (exact) mass is 330 g/mol. The molecule has 0 radical (unpaired) electrons. The first-order valence-electron chi connectivity index (χ1n) is 3.84. The van der Waals surface area contributed by atoms with Crippen molar-refractivity contribution in [2.75, 3.05) is 0 Å². The zero-order valence-electron chi connectivity index (χ0n) is 7.52. The molecule has 0 heterocycles.